The minimum absolute atomic E-state index is 0. The van der Waals surface area contributed by atoms with Gasteiger partial charge in [-0.1, -0.05) is 0 Å². The Morgan fingerprint density at radius 1 is 1.33 bits per heavy atom. The number of rotatable bonds is 7. The van der Waals surface area contributed by atoms with Crippen LogP contribution in [0.3, 0.4) is 0 Å². The van der Waals surface area contributed by atoms with E-state index in [9.17, 15) is 4.79 Å². The normalized spacial score (nSPS) is 21.4. The van der Waals surface area contributed by atoms with Crippen molar-refractivity contribution in [1.82, 2.24) is 24.9 Å². The van der Waals surface area contributed by atoms with Crippen LogP contribution in [0.4, 0.5) is 0 Å². The van der Waals surface area contributed by atoms with E-state index in [0.29, 0.717) is 19.0 Å². The third-order valence-electron chi connectivity index (χ3n) is 4.67. The maximum Gasteiger partial charge on any atom is 0.224 e. The van der Waals surface area contributed by atoms with Gasteiger partial charge in [-0.15, -0.1) is 12.4 Å². The number of carbonyl (C=O) groups excluding carboxylic acids is 1. The number of amides is 1. The van der Waals surface area contributed by atoms with Crippen molar-refractivity contribution in [2.24, 2.45) is 0 Å². The summed E-state index contributed by atoms with van der Waals surface area (Å²) in [7, 11) is 0. The molecule has 136 valence electrons. The lowest BCUT2D eigenvalue weighted by Gasteiger charge is -2.33. The molecule has 0 spiro atoms. The van der Waals surface area contributed by atoms with Crippen molar-refractivity contribution in [2.45, 2.75) is 25.4 Å². The van der Waals surface area contributed by atoms with Crippen LogP contribution in [0, 0.1) is 0 Å². The summed E-state index contributed by atoms with van der Waals surface area (Å²) in [5.41, 5.74) is 0. The predicted molar refractivity (Wildman–Crippen MR) is 94.3 cm³/mol. The number of aromatic nitrogens is 2. The Balaban J connectivity index is 0.00000208. The molecule has 24 heavy (non-hydrogen) atoms. The van der Waals surface area contributed by atoms with Crippen molar-refractivity contribution >= 4 is 18.3 Å². The van der Waals surface area contributed by atoms with Gasteiger partial charge in [-0.2, -0.15) is 5.10 Å². The molecule has 0 aromatic carbocycles. The van der Waals surface area contributed by atoms with E-state index in [4.69, 9.17) is 4.74 Å². The lowest BCUT2D eigenvalue weighted by atomic mass is 10.2. The minimum Gasteiger partial charge on any atom is -0.379 e. The average Bonchev–Trinajstić information content (AvgIpc) is 3.28. The monoisotopic (exact) mass is 357 g/mol. The van der Waals surface area contributed by atoms with Gasteiger partial charge in [0.05, 0.1) is 13.2 Å². The number of aryl methyl sites for hydroxylation is 1. The standard InChI is InChI=1S/C16H27N5O2.ClH/c22-16(3-7-20-6-1-4-18-20)21(15-2-5-17-14-15)9-8-19-10-12-23-13-11-19;/h1,4,6,15,17H,2-3,5,7-14H2;1H. The summed E-state index contributed by atoms with van der Waals surface area (Å²) in [6, 6.07) is 2.22. The van der Waals surface area contributed by atoms with Gasteiger partial charge in [0.15, 0.2) is 0 Å². The SMILES string of the molecule is Cl.O=C(CCn1cccn1)N(CCN1CCOCC1)C1CCNC1. The first-order valence-electron chi connectivity index (χ1n) is 8.60. The zero-order chi connectivity index (χ0) is 15.9. The van der Waals surface area contributed by atoms with Gasteiger partial charge in [-0.05, 0) is 19.0 Å². The Hall–Kier alpha value is -1.15. The lowest BCUT2D eigenvalue weighted by molar-refractivity contribution is -0.133. The highest BCUT2D eigenvalue weighted by Crippen LogP contribution is 2.11. The maximum absolute atomic E-state index is 12.7. The van der Waals surface area contributed by atoms with Crippen molar-refractivity contribution < 1.29 is 9.53 Å². The summed E-state index contributed by atoms with van der Waals surface area (Å²) in [6.07, 6.45) is 5.22. The molecular formula is C16H28ClN5O2. The number of carbonyl (C=O) groups is 1. The molecule has 2 aliphatic heterocycles. The fraction of sp³-hybridized carbons (Fsp3) is 0.750. The highest BCUT2D eigenvalue weighted by Gasteiger charge is 2.26. The molecule has 0 saturated carbocycles. The number of nitrogens with one attached hydrogen (secondary N) is 1. The van der Waals surface area contributed by atoms with E-state index < -0.39 is 0 Å². The average molecular weight is 358 g/mol. The molecule has 1 amide bonds. The zero-order valence-corrected chi connectivity index (χ0v) is 14.9. The van der Waals surface area contributed by atoms with Gasteiger partial charge < -0.3 is 15.0 Å². The number of nitrogens with zero attached hydrogens (tertiary/aromatic N) is 4. The molecule has 3 heterocycles. The minimum atomic E-state index is 0. The second-order valence-electron chi connectivity index (χ2n) is 6.21. The molecule has 1 aromatic heterocycles. The molecule has 1 unspecified atom stereocenters. The molecule has 1 aromatic rings. The smallest absolute Gasteiger partial charge is 0.224 e. The highest BCUT2D eigenvalue weighted by molar-refractivity contribution is 5.85. The van der Waals surface area contributed by atoms with Gasteiger partial charge in [0.25, 0.3) is 0 Å². The van der Waals surface area contributed by atoms with E-state index in [2.05, 4.69) is 20.2 Å². The topological polar surface area (TPSA) is 62.6 Å². The van der Waals surface area contributed by atoms with Gasteiger partial charge in [0.1, 0.15) is 0 Å². The Kier molecular flexibility index (Phi) is 7.98. The fourth-order valence-electron chi connectivity index (χ4n) is 3.28. The first kappa shape index (κ1) is 19.2. The summed E-state index contributed by atoms with van der Waals surface area (Å²) in [5, 5.41) is 7.55. The summed E-state index contributed by atoms with van der Waals surface area (Å²) < 4.78 is 7.22. The van der Waals surface area contributed by atoms with E-state index in [0.717, 1.165) is 58.9 Å². The Bertz CT molecular complexity index is 473. The Labute approximate surface area is 149 Å². The van der Waals surface area contributed by atoms with Crippen LogP contribution < -0.4 is 5.32 Å². The lowest BCUT2D eigenvalue weighted by Crippen LogP contribution is -2.47. The molecule has 0 aliphatic carbocycles. The molecule has 2 saturated heterocycles. The van der Waals surface area contributed by atoms with Crippen molar-refractivity contribution in [3.8, 4) is 0 Å². The van der Waals surface area contributed by atoms with E-state index in [-0.39, 0.29) is 18.3 Å². The molecule has 1 atom stereocenters. The van der Waals surface area contributed by atoms with E-state index in [1.807, 2.05) is 16.9 Å². The third-order valence-corrected chi connectivity index (χ3v) is 4.67. The van der Waals surface area contributed by atoms with Crippen LogP contribution in [0.25, 0.3) is 0 Å². The second kappa shape index (κ2) is 9.98. The Morgan fingerprint density at radius 3 is 2.83 bits per heavy atom. The van der Waals surface area contributed by atoms with Crippen LogP contribution in [0.1, 0.15) is 12.8 Å². The van der Waals surface area contributed by atoms with Crippen molar-refractivity contribution in [2.75, 3.05) is 52.5 Å². The molecule has 1 N–H and O–H groups in total. The van der Waals surface area contributed by atoms with Crippen molar-refractivity contribution in [3.05, 3.63) is 18.5 Å². The van der Waals surface area contributed by atoms with Crippen LogP contribution in [0.2, 0.25) is 0 Å². The molecule has 0 radical (unpaired) electrons. The molecule has 2 fully saturated rings. The maximum atomic E-state index is 12.7. The molecule has 3 rings (SSSR count). The largest absolute Gasteiger partial charge is 0.379 e. The van der Waals surface area contributed by atoms with Crippen LogP contribution in [-0.4, -0.2) is 84.0 Å². The van der Waals surface area contributed by atoms with Gasteiger partial charge in [0, 0.05) is 64.1 Å². The number of hydrogen-bond acceptors (Lipinski definition) is 5. The number of morpholine rings is 1. The first-order chi connectivity index (χ1) is 11.3. The van der Waals surface area contributed by atoms with Gasteiger partial charge >= 0.3 is 0 Å². The molecule has 8 heteroatoms. The van der Waals surface area contributed by atoms with Crippen LogP contribution in [0.5, 0.6) is 0 Å². The van der Waals surface area contributed by atoms with E-state index in [1.165, 1.54) is 0 Å². The van der Waals surface area contributed by atoms with Crippen LogP contribution in [-0.2, 0) is 16.1 Å². The number of hydrogen-bond donors (Lipinski definition) is 1. The summed E-state index contributed by atoms with van der Waals surface area (Å²) in [6.45, 7) is 7.87. The Morgan fingerprint density at radius 2 is 2.17 bits per heavy atom. The second-order valence-corrected chi connectivity index (χ2v) is 6.21. The molecule has 0 bridgehead atoms. The summed E-state index contributed by atoms with van der Waals surface area (Å²) >= 11 is 0. The predicted octanol–water partition coefficient (Wildman–Crippen LogP) is 0.218. The first-order valence-corrected chi connectivity index (χ1v) is 8.60. The third kappa shape index (κ3) is 5.44. The summed E-state index contributed by atoms with van der Waals surface area (Å²) in [5.74, 6) is 0.238. The van der Waals surface area contributed by atoms with Crippen molar-refractivity contribution in [1.29, 1.82) is 0 Å². The van der Waals surface area contributed by atoms with Crippen LogP contribution >= 0.6 is 12.4 Å². The molecule has 7 nitrogen and oxygen atoms in total. The van der Waals surface area contributed by atoms with Crippen molar-refractivity contribution in [3.63, 3.8) is 0 Å². The van der Waals surface area contributed by atoms with E-state index >= 15 is 0 Å². The fourth-order valence-corrected chi connectivity index (χ4v) is 3.28. The van der Waals surface area contributed by atoms with E-state index in [1.54, 1.807) is 6.20 Å². The number of ether oxygens (including phenoxy) is 1. The highest BCUT2D eigenvalue weighted by atomic mass is 35.5. The molecule has 2 aliphatic rings. The summed E-state index contributed by atoms with van der Waals surface area (Å²) in [4.78, 5) is 17.2. The molecular weight excluding hydrogens is 330 g/mol. The van der Waals surface area contributed by atoms with Gasteiger partial charge in [0.2, 0.25) is 5.91 Å². The van der Waals surface area contributed by atoms with Gasteiger partial charge in [-0.3, -0.25) is 14.4 Å². The number of halogens is 1. The zero-order valence-electron chi connectivity index (χ0n) is 14.1. The van der Waals surface area contributed by atoms with Gasteiger partial charge in [-0.25, -0.2) is 0 Å². The quantitative estimate of drug-likeness (QED) is 0.756. The van der Waals surface area contributed by atoms with Crippen LogP contribution in [0.15, 0.2) is 18.5 Å².